The van der Waals surface area contributed by atoms with Gasteiger partial charge in [-0.25, -0.2) is 0 Å². The molecule has 2 aliphatic heterocycles. The summed E-state index contributed by atoms with van der Waals surface area (Å²) in [6, 6.07) is 7.36. The van der Waals surface area contributed by atoms with Crippen LogP contribution in [0.3, 0.4) is 0 Å². The molecule has 1 fully saturated rings. The minimum absolute atomic E-state index is 0.493. The molecule has 4 heteroatoms. The van der Waals surface area contributed by atoms with Crippen LogP contribution in [0.15, 0.2) is 18.2 Å². The number of nitrogens with zero attached hydrogens (tertiary/aromatic N) is 1. The van der Waals surface area contributed by atoms with Crippen LogP contribution < -0.4 is 10.1 Å². The van der Waals surface area contributed by atoms with Gasteiger partial charge in [0.25, 0.3) is 0 Å². The van der Waals surface area contributed by atoms with Crippen LogP contribution in [-0.4, -0.2) is 44.4 Å². The molecule has 1 aromatic carbocycles. The van der Waals surface area contributed by atoms with E-state index in [1.807, 2.05) is 0 Å². The van der Waals surface area contributed by atoms with Crippen LogP contribution in [0.4, 0.5) is 5.69 Å². The van der Waals surface area contributed by atoms with Gasteiger partial charge in [-0.05, 0) is 25.0 Å². The molecule has 3 rings (SSSR count). The Balaban J connectivity index is 1.90. The first-order valence-corrected chi connectivity index (χ1v) is 7.04. The first kappa shape index (κ1) is 12.8. The average Bonchev–Trinajstić information content (AvgIpc) is 2.46. The SMILES string of the molecule is COc1ccc2c(c1)NC(C)CC2N1CCOCC1. The molecule has 1 saturated heterocycles. The standard InChI is InChI=1S/C15H22N2O2/c1-11-9-15(17-5-7-19-8-6-17)13-4-3-12(18-2)10-14(13)16-11/h3-4,10-11,15-16H,5-9H2,1-2H3. The van der Waals surface area contributed by atoms with Gasteiger partial charge in [-0.2, -0.15) is 0 Å². The van der Waals surface area contributed by atoms with Crippen molar-refractivity contribution in [3.63, 3.8) is 0 Å². The summed E-state index contributed by atoms with van der Waals surface area (Å²) in [5, 5.41) is 3.57. The number of ether oxygens (including phenoxy) is 2. The fraction of sp³-hybridized carbons (Fsp3) is 0.600. The van der Waals surface area contributed by atoms with E-state index in [1.165, 1.54) is 11.3 Å². The largest absolute Gasteiger partial charge is 0.497 e. The van der Waals surface area contributed by atoms with E-state index in [4.69, 9.17) is 9.47 Å². The summed E-state index contributed by atoms with van der Waals surface area (Å²) in [6.07, 6.45) is 1.15. The molecule has 2 atom stereocenters. The zero-order valence-corrected chi connectivity index (χ0v) is 11.7. The molecule has 0 bridgehead atoms. The molecule has 19 heavy (non-hydrogen) atoms. The lowest BCUT2D eigenvalue weighted by Gasteiger charge is -2.40. The number of nitrogens with one attached hydrogen (secondary N) is 1. The topological polar surface area (TPSA) is 33.7 Å². The second kappa shape index (κ2) is 5.39. The van der Waals surface area contributed by atoms with Crippen molar-refractivity contribution in [3.05, 3.63) is 23.8 Å². The van der Waals surface area contributed by atoms with Crippen LogP contribution in [0.25, 0.3) is 0 Å². The summed E-state index contributed by atoms with van der Waals surface area (Å²) in [4.78, 5) is 2.55. The third kappa shape index (κ3) is 2.55. The van der Waals surface area contributed by atoms with Crippen LogP contribution in [0.5, 0.6) is 5.75 Å². The summed E-state index contributed by atoms with van der Waals surface area (Å²) < 4.78 is 10.8. The third-order valence-corrected chi connectivity index (χ3v) is 4.08. The van der Waals surface area contributed by atoms with E-state index in [0.717, 1.165) is 38.5 Å². The monoisotopic (exact) mass is 262 g/mol. The Morgan fingerprint density at radius 2 is 2.11 bits per heavy atom. The molecule has 0 saturated carbocycles. The summed E-state index contributed by atoms with van der Waals surface area (Å²) in [7, 11) is 1.72. The van der Waals surface area contributed by atoms with E-state index in [1.54, 1.807) is 7.11 Å². The Bertz CT molecular complexity index is 444. The fourth-order valence-electron chi connectivity index (χ4n) is 3.10. The lowest BCUT2D eigenvalue weighted by Crippen LogP contribution is -2.42. The third-order valence-electron chi connectivity index (χ3n) is 4.08. The summed E-state index contributed by atoms with van der Waals surface area (Å²) in [5.41, 5.74) is 2.61. The molecule has 0 radical (unpaired) electrons. The van der Waals surface area contributed by atoms with Crippen LogP contribution in [0.2, 0.25) is 0 Å². The van der Waals surface area contributed by atoms with Crippen molar-refractivity contribution >= 4 is 5.69 Å². The number of anilines is 1. The molecular formula is C15H22N2O2. The van der Waals surface area contributed by atoms with E-state index in [9.17, 15) is 0 Å². The first-order valence-electron chi connectivity index (χ1n) is 7.04. The summed E-state index contributed by atoms with van der Waals surface area (Å²) in [5.74, 6) is 0.918. The Labute approximate surface area is 114 Å². The normalized spacial score (nSPS) is 27.5. The maximum atomic E-state index is 5.46. The van der Waals surface area contributed by atoms with Gasteiger partial charge in [-0.3, -0.25) is 4.90 Å². The van der Waals surface area contributed by atoms with Crippen LogP contribution in [0, 0.1) is 0 Å². The Hall–Kier alpha value is -1.26. The number of benzene rings is 1. The van der Waals surface area contributed by atoms with Crippen molar-refractivity contribution in [1.29, 1.82) is 0 Å². The molecule has 2 unspecified atom stereocenters. The number of fused-ring (bicyclic) bond motifs is 1. The quantitative estimate of drug-likeness (QED) is 0.886. The minimum Gasteiger partial charge on any atom is -0.497 e. The molecule has 2 heterocycles. The van der Waals surface area contributed by atoms with Crippen molar-refractivity contribution in [2.24, 2.45) is 0 Å². The van der Waals surface area contributed by atoms with Gasteiger partial charge in [-0.15, -0.1) is 0 Å². The zero-order chi connectivity index (χ0) is 13.2. The van der Waals surface area contributed by atoms with Crippen LogP contribution >= 0.6 is 0 Å². The molecule has 104 valence electrons. The zero-order valence-electron chi connectivity index (χ0n) is 11.7. The van der Waals surface area contributed by atoms with Crippen molar-refractivity contribution < 1.29 is 9.47 Å². The highest BCUT2D eigenvalue weighted by Crippen LogP contribution is 2.38. The number of hydrogen-bond acceptors (Lipinski definition) is 4. The van der Waals surface area contributed by atoms with Gasteiger partial charge in [0.05, 0.1) is 20.3 Å². The molecule has 0 amide bonds. The Morgan fingerprint density at radius 3 is 2.84 bits per heavy atom. The highest BCUT2D eigenvalue weighted by atomic mass is 16.5. The number of morpholine rings is 1. The van der Waals surface area contributed by atoms with Gasteiger partial charge in [0.1, 0.15) is 5.75 Å². The summed E-state index contributed by atoms with van der Waals surface area (Å²) >= 11 is 0. The lowest BCUT2D eigenvalue weighted by atomic mass is 9.92. The van der Waals surface area contributed by atoms with Gasteiger partial charge in [0.2, 0.25) is 0 Å². The van der Waals surface area contributed by atoms with Crippen LogP contribution in [-0.2, 0) is 4.74 Å². The second-order valence-electron chi connectivity index (χ2n) is 5.40. The van der Waals surface area contributed by atoms with Gasteiger partial charge in [0, 0.05) is 36.9 Å². The van der Waals surface area contributed by atoms with Crippen LogP contribution in [0.1, 0.15) is 24.9 Å². The van der Waals surface area contributed by atoms with Crippen molar-refractivity contribution in [2.45, 2.75) is 25.4 Å². The van der Waals surface area contributed by atoms with Gasteiger partial charge in [-0.1, -0.05) is 6.07 Å². The Kier molecular flexibility index (Phi) is 3.62. The maximum absolute atomic E-state index is 5.46. The van der Waals surface area contributed by atoms with Gasteiger partial charge >= 0.3 is 0 Å². The van der Waals surface area contributed by atoms with E-state index in [2.05, 4.69) is 35.3 Å². The van der Waals surface area contributed by atoms with Crippen molar-refractivity contribution in [1.82, 2.24) is 4.90 Å². The lowest BCUT2D eigenvalue weighted by molar-refractivity contribution is 0.0127. The molecular weight excluding hydrogens is 240 g/mol. The highest BCUT2D eigenvalue weighted by Gasteiger charge is 2.30. The Morgan fingerprint density at radius 1 is 1.32 bits per heavy atom. The highest BCUT2D eigenvalue weighted by molar-refractivity contribution is 5.58. The van der Waals surface area contributed by atoms with Gasteiger partial charge in [0.15, 0.2) is 0 Å². The predicted octanol–water partition coefficient (Wildman–Crippen LogP) is 2.27. The minimum atomic E-state index is 0.493. The van der Waals surface area contributed by atoms with Crippen molar-refractivity contribution in [2.75, 3.05) is 38.7 Å². The summed E-state index contributed by atoms with van der Waals surface area (Å²) in [6.45, 7) is 6.01. The van der Waals surface area contributed by atoms with E-state index in [0.29, 0.717) is 12.1 Å². The molecule has 1 aromatic rings. The molecule has 0 spiro atoms. The molecule has 2 aliphatic rings. The first-order chi connectivity index (χ1) is 9.28. The average molecular weight is 262 g/mol. The number of rotatable bonds is 2. The fourth-order valence-corrected chi connectivity index (χ4v) is 3.10. The smallest absolute Gasteiger partial charge is 0.120 e. The number of hydrogen-bond donors (Lipinski definition) is 1. The van der Waals surface area contributed by atoms with E-state index < -0.39 is 0 Å². The van der Waals surface area contributed by atoms with Crippen molar-refractivity contribution in [3.8, 4) is 5.75 Å². The van der Waals surface area contributed by atoms with E-state index >= 15 is 0 Å². The maximum Gasteiger partial charge on any atom is 0.120 e. The number of methoxy groups -OCH3 is 1. The van der Waals surface area contributed by atoms with E-state index in [-0.39, 0.29) is 0 Å². The van der Waals surface area contributed by atoms with Gasteiger partial charge < -0.3 is 14.8 Å². The molecule has 0 aromatic heterocycles. The molecule has 4 nitrogen and oxygen atoms in total. The predicted molar refractivity (Wildman–Crippen MR) is 75.8 cm³/mol. The second-order valence-corrected chi connectivity index (χ2v) is 5.40. The molecule has 0 aliphatic carbocycles. The molecule has 1 N–H and O–H groups in total.